The molecule has 0 amide bonds. The molecule has 4 rings (SSSR count). The third-order valence-electron chi connectivity index (χ3n) is 6.85. The summed E-state index contributed by atoms with van der Waals surface area (Å²) in [6, 6.07) is 33.6. The Balaban J connectivity index is 1.49. The molecule has 1 fully saturated rings. The molecule has 1 heterocycles. The Bertz CT molecular complexity index is 904. The quantitative estimate of drug-likeness (QED) is 0.555. The van der Waals surface area contributed by atoms with Crippen LogP contribution in [0.25, 0.3) is 0 Å². The Morgan fingerprint density at radius 3 is 1.20 bits per heavy atom. The molecule has 1 saturated heterocycles. The smallest absolute Gasteiger partial charge is 0.0234 e. The summed E-state index contributed by atoms with van der Waals surface area (Å²) in [5.74, 6) is 0. The maximum atomic E-state index is 3.88. The van der Waals surface area contributed by atoms with E-state index >= 15 is 0 Å². The van der Waals surface area contributed by atoms with Gasteiger partial charge in [0.1, 0.15) is 0 Å². The van der Waals surface area contributed by atoms with Crippen LogP contribution in [0.3, 0.4) is 0 Å². The lowest BCUT2D eigenvalue weighted by molar-refractivity contribution is 0.139. The topological polar surface area (TPSA) is 21.8 Å². The number of nitrogens with one attached hydrogen (secondary N) is 1. The number of rotatable bonds is 6. The van der Waals surface area contributed by atoms with Gasteiger partial charge in [0.25, 0.3) is 0 Å². The zero-order valence-electron chi connectivity index (χ0n) is 21.5. The fraction of sp³-hybridized carbons (Fsp3) is 0.419. The molecule has 186 valence electrons. The van der Waals surface area contributed by atoms with Crippen LogP contribution in [0.15, 0.2) is 91.0 Å². The molecule has 35 heavy (non-hydrogen) atoms. The second-order valence-corrected chi connectivity index (χ2v) is 10.2. The molecule has 0 radical (unpaired) electrons. The van der Waals surface area contributed by atoms with Crippen LogP contribution in [0.4, 0.5) is 0 Å². The number of hydrogen-bond donors (Lipinski definition) is 1. The van der Waals surface area contributed by atoms with Crippen molar-refractivity contribution in [3.05, 3.63) is 108 Å². The van der Waals surface area contributed by atoms with Gasteiger partial charge in [-0.1, -0.05) is 91.0 Å². The molecular formula is C31H42N4. The van der Waals surface area contributed by atoms with E-state index in [-0.39, 0.29) is 0 Å². The Hall–Kier alpha value is -2.50. The molecule has 0 aromatic heterocycles. The van der Waals surface area contributed by atoms with Crippen molar-refractivity contribution < 1.29 is 0 Å². The van der Waals surface area contributed by atoms with Crippen molar-refractivity contribution in [1.82, 2.24) is 20.0 Å². The van der Waals surface area contributed by atoms with Gasteiger partial charge in [-0.05, 0) is 30.5 Å². The van der Waals surface area contributed by atoms with Crippen molar-refractivity contribution in [2.75, 3.05) is 39.3 Å². The van der Waals surface area contributed by atoms with Crippen LogP contribution in [-0.2, 0) is 19.6 Å². The molecule has 1 aliphatic heterocycles. The van der Waals surface area contributed by atoms with E-state index < -0.39 is 0 Å². The molecule has 0 saturated carbocycles. The highest BCUT2D eigenvalue weighted by atomic mass is 15.2. The van der Waals surface area contributed by atoms with Gasteiger partial charge in [-0.3, -0.25) is 14.7 Å². The summed E-state index contributed by atoms with van der Waals surface area (Å²) in [7, 11) is 0. The lowest BCUT2D eigenvalue weighted by Crippen LogP contribution is -2.50. The number of benzene rings is 3. The van der Waals surface area contributed by atoms with Gasteiger partial charge in [0.2, 0.25) is 0 Å². The summed E-state index contributed by atoms with van der Waals surface area (Å²) in [5.41, 5.74) is 4.18. The summed E-state index contributed by atoms with van der Waals surface area (Å²) in [5, 5.41) is 3.88. The number of hydrogen-bond acceptors (Lipinski definition) is 4. The fourth-order valence-electron chi connectivity index (χ4n) is 5.20. The van der Waals surface area contributed by atoms with Crippen molar-refractivity contribution in [1.29, 1.82) is 0 Å². The molecule has 2 atom stereocenters. The largest absolute Gasteiger partial charge is 0.309 e. The molecular weight excluding hydrogens is 428 g/mol. The van der Waals surface area contributed by atoms with Gasteiger partial charge < -0.3 is 5.32 Å². The van der Waals surface area contributed by atoms with E-state index in [4.69, 9.17) is 0 Å². The second-order valence-electron chi connectivity index (χ2n) is 10.2. The first kappa shape index (κ1) is 25.6. The molecule has 0 aliphatic carbocycles. The lowest BCUT2D eigenvalue weighted by atomic mass is 10.1. The Morgan fingerprint density at radius 1 is 0.514 bits per heavy atom. The fourth-order valence-corrected chi connectivity index (χ4v) is 5.20. The summed E-state index contributed by atoms with van der Waals surface area (Å²) in [6.07, 6.45) is 0. The second kappa shape index (κ2) is 13.6. The molecule has 4 heteroatoms. The minimum absolute atomic E-state index is 0.439. The van der Waals surface area contributed by atoms with Crippen LogP contribution in [0.5, 0.6) is 0 Å². The summed E-state index contributed by atoms with van der Waals surface area (Å²) in [6.45, 7) is 14.1. The highest BCUT2D eigenvalue weighted by molar-refractivity contribution is 5.16. The lowest BCUT2D eigenvalue weighted by Gasteiger charge is -2.35. The third kappa shape index (κ3) is 8.90. The normalized spacial score (nSPS) is 21.8. The predicted octanol–water partition coefficient (Wildman–Crippen LogP) is 4.87. The van der Waals surface area contributed by atoms with Crippen molar-refractivity contribution in [2.24, 2.45) is 0 Å². The first-order valence-corrected chi connectivity index (χ1v) is 13.2. The zero-order valence-corrected chi connectivity index (χ0v) is 21.5. The van der Waals surface area contributed by atoms with Crippen molar-refractivity contribution in [2.45, 2.75) is 45.6 Å². The van der Waals surface area contributed by atoms with Gasteiger partial charge in [0.05, 0.1) is 0 Å². The van der Waals surface area contributed by atoms with E-state index in [0.29, 0.717) is 12.1 Å². The summed E-state index contributed by atoms with van der Waals surface area (Å²) >= 11 is 0. The van der Waals surface area contributed by atoms with Crippen LogP contribution < -0.4 is 5.32 Å². The Labute approximate surface area is 212 Å². The van der Waals surface area contributed by atoms with Gasteiger partial charge >= 0.3 is 0 Å². The highest BCUT2D eigenvalue weighted by Gasteiger charge is 2.19. The average Bonchev–Trinajstić information content (AvgIpc) is 2.86. The monoisotopic (exact) mass is 470 g/mol. The van der Waals surface area contributed by atoms with Crippen molar-refractivity contribution in [3.8, 4) is 0 Å². The SMILES string of the molecule is C[C@@H]1CN(Cc2ccccc2)CCN(Cc2ccccc2)CCN(Cc2ccccc2)C[C@H](C)N1. The molecule has 3 aromatic carbocycles. The first-order valence-electron chi connectivity index (χ1n) is 13.2. The maximum Gasteiger partial charge on any atom is 0.0234 e. The Kier molecular flexibility index (Phi) is 9.91. The van der Waals surface area contributed by atoms with E-state index in [2.05, 4.69) is 125 Å². The van der Waals surface area contributed by atoms with E-state index in [1.165, 1.54) is 16.7 Å². The van der Waals surface area contributed by atoms with Crippen molar-refractivity contribution in [3.63, 3.8) is 0 Å². The molecule has 3 aromatic rings. The molecule has 0 bridgehead atoms. The highest BCUT2D eigenvalue weighted by Crippen LogP contribution is 2.12. The van der Waals surface area contributed by atoms with Crippen LogP contribution in [0.2, 0.25) is 0 Å². The maximum absolute atomic E-state index is 3.88. The van der Waals surface area contributed by atoms with E-state index in [1.54, 1.807) is 0 Å². The molecule has 4 nitrogen and oxygen atoms in total. The summed E-state index contributed by atoms with van der Waals surface area (Å²) in [4.78, 5) is 7.90. The predicted molar refractivity (Wildman–Crippen MR) is 147 cm³/mol. The van der Waals surface area contributed by atoms with Crippen LogP contribution in [0.1, 0.15) is 30.5 Å². The average molecular weight is 471 g/mol. The minimum atomic E-state index is 0.439. The van der Waals surface area contributed by atoms with Crippen LogP contribution in [0, 0.1) is 0 Å². The molecule has 1 N–H and O–H groups in total. The van der Waals surface area contributed by atoms with Gasteiger partial charge in [-0.2, -0.15) is 0 Å². The molecule has 0 unspecified atom stereocenters. The van der Waals surface area contributed by atoms with Gasteiger partial charge in [0, 0.05) is 71.0 Å². The van der Waals surface area contributed by atoms with E-state index in [1.807, 2.05) is 0 Å². The molecule has 1 aliphatic rings. The standard InChI is InChI=1S/C31H42N4/c1-27-22-34(25-30-14-8-4-9-15-30)20-18-33(24-29-12-6-3-7-13-29)19-21-35(23-28(2)32-27)26-31-16-10-5-11-17-31/h3-17,27-28,32H,18-26H2,1-2H3/t27-,28+. The zero-order chi connectivity index (χ0) is 24.3. The first-order chi connectivity index (χ1) is 17.1. The van der Waals surface area contributed by atoms with E-state index in [0.717, 1.165) is 58.9 Å². The van der Waals surface area contributed by atoms with E-state index in [9.17, 15) is 0 Å². The summed E-state index contributed by atoms with van der Waals surface area (Å²) < 4.78 is 0. The van der Waals surface area contributed by atoms with Crippen LogP contribution >= 0.6 is 0 Å². The number of nitrogens with zero attached hydrogens (tertiary/aromatic N) is 3. The van der Waals surface area contributed by atoms with Gasteiger partial charge in [-0.25, -0.2) is 0 Å². The Morgan fingerprint density at radius 2 is 0.829 bits per heavy atom. The minimum Gasteiger partial charge on any atom is -0.309 e. The van der Waals surface area contributed by atoms with Gasteiger partial charge in [-0.15, -0.1) is 0 Å². The van der Waals surface area contributed by atoms with Gasteiger partial charge in [0.15, 0.2) is 0 Å². The third-order valence-corrected chi connectivity index (χ3v) is 6.85. The van der Waals surface area contributed by atoms with Crippen LogP contribution in [-0.4, -0.2) is 66.1 Å². The molecule has 0 spiro atoms. The van der Waals surface area contributed by atoms with Crippen molar-refractivity contribution >= 4 is 0 Å².